The molecule has 12 nitrogen and oxygen atoms in total. The van der Waals surface area contributed by atoms with Crippen LogP contribution in [0.5, 0.6) is 0 Å². The zero-order valence-electron chi connectivity index (χ0n) is 17.7. The van der Waals surface area contributed by atoms with Crippen molar-refractivity contribution in [1.82, 2.24) is 40.0 Å². The Morgan fingerprint density at radius 1 is 1.25 bits per heavy atom. The number of cyclic esters (lactones) is 1. The van der Waals surface area contributed by atoms with Gasteiger partial charge in [0.15, 0.2) is 5.82 Å². The van der Waals surface area contributed by atoms with Crippen molar-refractivity contribution in [1.29, 1.82) is 0 Å². The lowest BCUT2D eigenvalue weighted by atomic mass is 9.76. The van der Waals surface area contributed by atoms with Gasteiger partial charge in [-0.3, -0.25) is 9.78 Å². The van der Waals surface area contributed by atoms with Crippen molar-refractivity contribution in [2.45, 2.75) is 38.3 Å². The van der Waals surface area contributed by atoms with E-state index in [2.05, 4.69) is 30.4 Å². The second-order valence-corrected chi connectivity index (χ2v) is 8.62. The van der Waals surface area contributed by atoms with E-state index in [-0.39, 0.29) is 24.5 Å². The molecule has 0 saturated carbocycles. The Morgan fingerprint density at radius 3 is 2.69 bits per heavy atom. The van der Waals surface area contributed by atoms with Crippen LogP contribution in [0, 0.1) is 5.41 Å². The molecule has 0 bridgehead atoms. The lowest BCUT2D eigenvalue weighted by molar-refractivity contribution is -0.139. The summed E-state index contributed by atoms with van der Waals surface area (Å²) in [6, 6.07) is 0.0364. The molecule has 32 heavy (non-hydrogen) atoms. The van der Waals surface area contributed by atoms with Crippen LogP contribution in [0.1, 0.15) is 38.0 Å². The van der Waals surface area contributed by atoms with E-state index in [0.717, 1.165) is 6.42 Å². The quantitative estimate of drug-likeness (QED) is 0.613. The first-order valence-electron chi connectivity index (χ1n) is 10.6. The van der Waals surface area contributed by atoms with E-state index in [1.54, 1.807) is 4.90 Å². The van der Waals surface area contributed by atoms with Crippen LogP contribution in [0.3, 0.4) is 0 Å². The minimum absolute atomic E-state index is 0.0364. The Morgan fingerprint density at radius 2 is 2.06 bits per heavy atom. The average Bonchev–Trinajstić information content (AvgIpc) is 3.52. The number of carbonyl (C=O) groups is 2. The maximum Gasteiger partial charge on any atom is 0.333 e. The Kier molecular flexibility index (Phi) is 5.18. The topological polar surface area (TPSA) is 139 Å². The minimum atomic E-state index is -0.791. The van der Waals surface area contributed by atoms with Gasteiger partial charge in [-0.1, -0.05) is 0 Å². The highest BCUT2D eigenvalue weighted by atomic mass is 16.5. The van der Waals surface area contributed by atoms with E-state index in [0.29, 0.717) is 49.7 Å². The summed E-state index contributed by atoms with van der Waals surface area (Å²) < 4.78 is 6.39. The standard InChI is InChI=1S/C20H24N8O4/c1-13-7-20(19(31)28(13)14-6-18(30)32-11-14)2-4-26(5-3-20)10-16(29)15-8-22-17(9-21-15)27-12-23-24-25-27/h6,8-9,12-13,16,29H,2-5,7,10-11H2,1H3/t13-,16+/m0/s1. The molecule has 3 aliphatic heterocycles. The number of hydrogen-bond donors (Lipinski definition) is 1. The van der Waals surface area contributed by atoms with E-state index in [1.165, 1.54) is 29.5 Å². The monoisotopic (exact) mass is 440 g/mol. The Balaban J connectivity index is 1.19. The maximum atomic E-state index is 13.3. The molecule has 1 spiro atoms. The highest BCUT2D eigenvalue weighted by Gasteiger charge is 2.52. The molecule has 0 unspecified atom stereocenters. The van der Waals surface area contributed by atoms with Crippen LogP contribution < -0.4 is 0 Å². The van der Waals surface area contributed by atoms with Crippen LogP contribution >= 0.6 is 0 Å². The molecule has 5 heterocycles. The first-order valence-corrected chi connectivity index (χ1v) is 10.6. The van der Waals surface area contributed by atoms with Crippen molar-refractivity contribution >= 4 is 11.9 Å². The van der Waals surface area contributed by atoms with Crippen molar-refractivity contribution < 1.29 is 19.4 Å². The first-order chi connectivity index (χ1) is 15.4. The van der Waals surface area contributed by atoms with Crippen LogP contribution in [-0.2, 0) is 14.3 Å². The second-order valence-electron chi connectivity index (χ2n) is 8.62. The van der Waals surface area contributed by atoms with Gasteiger partial charge in [0.05, 0.1) is 29.2 Å². The number of β-amino-alcohol motifs (C(OH)–C–C–N with tert-alkyl or cyclic N) is 1. The van der Waals surface area contributed by atoms with E-state index in [9.17, 15) is 14.7 Å². The van der Waals surface area contributed by atoms with Crippen molar-refractivity contribution in [3.63, 3.8) is 0 Å². The molecule has 5 rings (SSSR count). The number of aliphatic hydroxyl groups excluding tert-OH is 1. The summed E-state index contributed by atoms with van der Waals surface area (Å²) in [5.41, 5.74) is 0.711. The van der Waals surface area contributed by atoms with Gasteiger partial charge in [-0.25, -0.2) is 9.78 Å². The molecule has 2 aromatic rings. The van der Waals surface area contributed by atoms with Gasteiger partial charge in [0.1, 0.15) is 19.0 Å². The lowest BCUT2D eigenvalue weighted by Gasteiger charge is -2.38. The number of amides is 1. The molecule has 2 atom stereocenters. The van der Waals surface area contributed by atoms with Crippen molar-refractivity contribution in [3.8, 4) is 5.82 Å². The van der Waals surface area contributed by atoms with Gasteiger partial charge < -0.3 is 19.6 Å². The number of hydrogen-bond acceptors (Lipinski definition) is 10. The second kappa shape index (κ2) is 8.02. The van der Waals surface area contributed by atoms with Gasteiger partial charge in [0.25, 0.3) is 0 Å². The highest BCUT2D eigenvalue weighted by molar-refractivity contribution is 5.91. The predicted molar refractivity (Wildman–Crippen MR) is 108 cm³/mol. The van der Waals surface area contributed by atoms with Crippen molar-refractivity contribution in [2.75, 3.05) is 26.2 Å². The zero-order chi connectivity index (χ0) is 22.3. The normalized spacial score (nSPS) is 24.1. The summed E-state index contributed by atoms with van der Waals surface area (Å²) in [6.07, 6.45) is 7.27. The third-order valence-electron chi connectivity index (χ3n) is 6.58. The molecular formula is C20H24N8O4. The number of aliphatic hydroxyl groups is 1. The van der Waals surface area contributed by atoms with Gasteiger partial charge in [-0.05, 0) is 49.7 Å². The number of piperidine rings is 1. The number of likely N-dealkylation sites (tertiary alicyclic amines) is 2. The summed E-state index contributed by atoms with van der Waals surface area (Å²) in [5, 5.41) is 21.5. The molecule has 3 aliphatic rings. The fraction of sp³-hybridized carbons (Fsp3) is 0.550. The molecule has 2 aromatic heterocycles. The Bertz CT molecular complexity index is 1030. The summed E-state index contributed by atoms with van der Waals surface area (Å²) in [5.74, 6) is 0.159. The number of tetrazole rings is 1. The van der Waals surface area contributed by atoms with Gasteiger partial charge in [0.2, 0.25) is 5.91 Å². The summed E-state index contributed by atoms with van der Waals surface area (Å²) in [6.45, 7) is 4.00. The number of rotatable bonds is 5. The Hall–Kier alpha value is -3.25. The first kappa shape index (κ1) is 20.6. The number of esters is 1. The van der Waals surface area contributed by atoms with Crippen molar-refractivity contribution in [2.24, 2.45) is 5.41 Å². The number of aromatic nitrogens is 6. The number of carbonyl (C=O) groups excluding carboxylic acids is 2. The van der Waals surface area contributed by atoms with E-state index in [1.807, 2.05) is 6.92 Å². The molecule has 0 radical (unpaired) electrons. The third-order valence-corrected chi connectivity index (χ3v) is 6.58. The minimum Gasteiger partial charge on any atom is -0.456 e. The molecular weight excluding hydrogens is 416 g/mol. The average molecular weight is 440 g/mol. The zero-order valence-corrected chi connectivity index (χ0v) is 17.7. The van der Waals surface area contributed by atoms with Gasteiger partial charge in [-0.15, -0.1) is 5.10 Å². The van der Waals surface area contributed by atoms with Gasteiger partial charge in [-0.2, -0.15) is 4.68 Å². The van der Waals surface area contributed by atoms with Gasteiger partial charge in [0, 0.05) is 18.7 Å². The smallest absolute Gasteiger partial charge is 0.333 e. The summed E-state index contributed by atoms with van der Waals surface area (Å²) >= 11 is 0. The van der Waals surface area contributed by atoms with Crippen LogP contribution in [0.2, 0.25) is 0 Å². The molecule has 2 fully saturated rings. The van der Waals surface area contributed by atoms with Gasteiger partial charge >= 0.3 is 5.97 Å². The SMILES string of the molecule is C[C@H]1CC2(CCN(C[C@@H](O)c3cnc(-n4cnnn4)cn3)CC2)C(=O)N1C1=CC(=O)OC1. The Labute approximate surface area is 183 Å². The predicted octanol–water partition coefficient (Wildman–Crippen LogP) is -0.371. The summed E-state index contributed by atoms with van der Waals surface area (Å²) in [4.78, 5) is 37.2. The fourth-order valence-electron chi connectivity index (χ4n) is 4.92. The largest absolute Gasteiger partial charge is 0.456 e. The van der Waals surface area contributed by atoms with E-state index in [4.69, 9.17) is 4.74 Å². The number of ether oxygens (including phenoxy) is 1. The van der Waals surface area contributed by atoms with Crippen LogP contribution in [0.4, 0.5) is 0 Å². The van der Waals surface area contributed by atoms with Crippen LogP contribution in [0.15, 0.2) is 30.5 Å². The highest BCUT2D eigenvalue weighted by Crippen LogP contribution is 2.46. The molecule has 0 aliphatic carbocycles. The molecule has 12 heteroatoms. The molecule has 2 saturated heterocycles. The lowest BCUT2D eigenvalue weighted by Crippen LogP contribution is -2.45. The molecule has 168 valence electrons. The molecule has 0 aromatic carbocycles. The third kappa shape index (κ3) is 3.65. The maximum absolute atomic E-state index is 13.3. The van der Waals surface area contributed by atoms with Crippen LogP contribution in [-0.4, -0.2) is 89.2 Å². The number of nitrogens with zero attached hydrogens (tertiary/aromatic N) is 8. The fourth-order valence-corrected chi connectivity index (χ4v) is 4.92. The van der Waals surface area contributed by atoms with E-state index >= 15 is 0 Å². The molecule has 1 amide bonds. The molecule has 1 N–H and O–H groups in total. The van der Waals surface area contributed by atoms with E-state index < -0.39 is 11.5 Å². The summed E-state index contributed by atoms with van der Waals surface area (Å²) in [7, 11) is 0. The van der Waals surface area contributed by atoms with Crippen molar-refractivity contribution in [3.05, 3.63) is 36.2 Å². The van der Waals surface area contributed by atoms with Crippen LogP contribution in [0.25, 0.3) is 5.82 Å².